The Morgan fingerprint density at radius 3 is 2.73 bits per heavy atom. The molecule has 1 atom stereocenters. The Hall–Kier alpha value is -0.830. The predicted octanol–water partition coefficient (Wildman–Crippen LogP) is 1.54. The molecule has 0 saturated carbocycles. The molecule has 0 fully saturated rings. The first-order valence-electron chi connectivity index (χ1n) is 5.70. The van der Waals surface area contributed by atoms with Gasteiger partial charge in [0.25, 0.3) is 0 Å². The molecule has 1 heterocycles. The number of carbonyl (C=O) groups excluding carboxylic acids is 1. The summed E-state index contributed by atoms with van der Waals surface area (Å²) in [5.41, 5.74) is 7.24. The standard InChI is InChI=1S/C12H22N2O/c1-9(2)8-11(13)12(15)14-6-4-10(3)5-7-14/h4,9,11H,5-8,13H2,1-3H3. The maximum absolute atomic E-state index is 11.9. The maximum Gasteiger partial charge on any atom is 0.239 e. The second kappa shape index (κ2) is 5.31. The van der Waals surface area contributed by atoms with Gasteiger partial charge in [0.05, 0.1) is 6.04 Å². The highest BCUT2D eigenvalue weighted by molar-refractivity contribution is 5.82. The van der Waals surface area contributed by atoms with Gasteiger partial charge in [-0.15, -0.1) is 0 Å². The fourth-order valence-corrected chi connectivity index (χ4v) is 1.81. The molecule has 1 aliphatic heterocycles. The Morgan fingerprint density at radius 2 is 2.27 bits per heavy atom. The third-order valence-electron chi connectivity index (χ3n) is 2.79. The molecule has 0 saturated heterocycles. The molecule has 2 N–H and O–H groups in total. The zero-order valence-electron chi connectivity index (χ0n) is 9.99. The van der Waals surface area contributed by atoms with Crippen molar-refractivity contribution in [3.8, 4) is 0 Å². The van der Waals surface area contributed by atoms with E-state index in [-0.39, 0.29) is 11.9 Å². The SMILES string of the molecule is CC1=CCN(C(=O)C(N)CC(C)C)CC1. The zero-order chi connectivity index (χ0) is 11.4. The minimum atomic E-state index is -0.322. The summed E-state index contributed by atoms with van der Waals surface area (Å²) in [5.74, 6) is 0.582. The third-order valence-corrected chi connectivity index (χ3v) is 2.79. The zero-order valence-corrected chi connectivity index (χ0v) is 9.99. The Labute approximate surface area is 92.3 Å². The fourth-order valence-electron chi connectivity index (χ4n) is 1.81. The number of carbonyl (C=O) groups is 1. The van der Waals surface area contributed by atoms with Crippen LogP contribution in [0.25, 0.3) is 0 Å². The Kier molecular flexibility index (Phi) is 4.33. The second-order valence-corrected chi connectivity index (χ2v) is 4.82. The third kappa shape index (κ3) is 3.67. The van der Waals surface area contributed by atoms with E-state index in [0.717, 1.165) is 25.9 Å². The van der Waals surface area contributed by atoms with Crippen LogP contribution in [-0.4, -0.2) is 29.9 Å². The normalized spacial score (nSPS) is 19.0. The average molecular weight is 210 g/mol. The van der Waals surface area contributed by atoms with E-state index in [4.69, 9.17) is 5.73 Å². The van der Waals surface area contributed by atoms with Gasteiger partial charge in [0.2, 0.25) is 5.91 Å². The summed E-state index contributed by atoms with van der Waals surface area (Å²) in [4.78, 5) is 13.8. The van der Waals surface area contributed by atoms with Gasteiger partial charge >= 0.3 is 0 Å². The van der Waals surface area contributed by atoms with E-state index in [1.165, 1.54) is 5.57 Å². The van der Waals surface area contributed by atoms with Crippen LogP contribution in [0, 0.1) is 5.92 Å². The van der Waals surface area contributed by atoms with Gasteiger partial charge in [0.1, 0.15) is 0 Å². The molecular weight excluding hydrogens is 188 g/mol. The first-order valence-corrected chi connectivity index (χ1v) is 5.70. The molecule has 3 nitrogen and oxygen atoms in total. The molecule has 0 radical (unpaired) electrons. The molecule has 0 aromatic rings. The lowest BCUT2D eigenvalue weighted by Gasteiger charge is -2.28. The molecule has 0 spiro atoms. The van der Waals surface area contributed by atoms with Crippen LogP contribution in [-0.2, 0) is 4.79 Å². The Bertz CT molecular complexity index is 258. The van der Waals surface area contributed by atoms with E-state index >= 15 is 0 Å². The van der Waals surface area contributed by atoms with Crippen LogP contribution in [0.2, 0.25) is 0 Å². The van der Waals surface area contributed by atoms with Crippen molar-refractivity contribution < 1.29 is 4.79 Å². The van der Waals surface area contributed by atoms with Crippen LogP contribution in [0.15, 0.2) is 11.6 Å². The maximum atomic E-state index is 11.9. The smallest absolute Gasteiger partial charge is 0.239 e. The molecular formula is C12H22N2O. The summed E-state index contributed by atoms with van der Waals surface area (Å²) in [5, 5.41) is 0. The molecule has 1 rings (SSSR count). The number of amides is 1. The summed E-state index contributed by atoms with van der Waals surface area (Å²) in [6.45, 7) is 7.85. The number of hydrogen-bond donors (Lipinski definition) is 1. The van der Waals surface area contributed by atoms with E-state index in [9.17, 15) is 4.79 Å². The molecule has 86 valence electrons. The summed E-state index contributed by atoms with van der Waals surface area (Å²) in [7, 11) is 0. The molecule has 3 heteroatoms. The molecule has 1 aliphatic rings. The number of nitrogens with zero attached hydrogens (tertiary/aromatic N) is 1. The number of nitrogens with two attached hydrogens (primary N) is 1. The van der Waals surface area contributed by atoms with Crippen molar-refractivity contribution >= 4 is 5.91 Å². The first kappa shape index (κ1) is 12.2. The van der Waals surface area contributed by atoms with Gasteiger partial charge in [0.15, 0.2) is 0 Å². The van der Waals surface area contributed by atoms with Crippen molar-refractivity contribution in [2.75, 3.05) is 13.1 Å². The summed E-state index contributed by atoms with van der Waals surface area (Å²) < 4.78 is 0. The van der Waals surface area contributed by atoms with E-state index in [1.807, 2.05) is 4.90 Å². The van der Waals surface area contributed by atoms with Crippen molar-refractivity contribution in [1.82, 2.24) is 4.90 Å². The Balaban J connectivity index is 2.47. The molecule has 0 bridgehead atoms. The monoisotopic (exact) mass is 210 g/mol. The van der Waals surface area contributed by atoms with Crippen LogP contribution in [0.3, 0.4) is 0 Å². The van der Waals surface area contributed by atoms with E-state index in [1.54, 1.807) is 0 Å². The van der Waals surface area contributed by atoms with Crippen LogP contribution in [0.5, 0.6) is 0 Å². The highest BCUT2D eigenvalue weighted by atomic mass is 16.2. The predicted molar refractivity (Wildman–Crippen MR) is 62.4 cm³/mol. The second-order valence-electron chi connectivity index (χ2n) is 4.82. The Morgan fingerprint density at radius 1 is 1.60 bits per heavy atom. The first-order chi connectivity index (χ1) is 7.00. The van der Waals surface area contributed by atoms with Gasteiger partial charge in [-0.2, -0.15) is 0 Å². The molecule has 0 aliphatic carbocycles. The van der Waals surface area contributed by atoms with E-state index < -0.39 is 0 Å². The molecule has 0 aromatic heterocycles. The van der Waals surface area contributed by atoms with Gasteiger partial charge in [-0.25, -0.2) is 0 Å². The van der Waals surface area contributed by atoms with Gasteiger partial charge in [-0.1, -0.05) is 25.5 Å². The van der Waals surface area contributed by atoms with Crippen molar-refractivity contribution in [3.63, 3.8) is 0 Å². The van der Waals surface area contributed by atoms with Gasteiger partial charge in [0, 0.05) is 13.1 Å². The lowest BCUT2D eigenvalue weighted by Crippen LogP contribution is -2.45. The van der Waals surface area contributed by atoms with Crippen LogP contribution < -0.4 is 5.73 Å². The van der Waals surface area contributed by atoms with Crippen LogP contribution in [0.1, 0.15) is 33.6 Å². The van der Waals surface area contributed by atoms with Crippen molar-refractivity contribution in [3.05, 3.63) is 11.6 Å². The summed E-state index contributed by atoms with van der Waals surface area (Å²) in [6.07, 6.45) is 3.88. The number of rotatable bonds is 3. The van der Waals surface area contributed by atoms with Gasteiger partial charge in [-0.3, -0.25) is 4.79 Å². The molecule has 1 unspecified atom stereocenters. The highest BCUT2D eigenvalue weighted by Crippen LogP contribution is 2.12. The van der Waals surface area contributed by atoms with E-state index in [0.29, 0.717) is 5.92 Å². The minimum Gasteiger partial charge on any atom is -0.337 e. The van der Waals surface area contributed by atoms with Crippen LogP contribution in [0.4, 0.5) is 0 Å². The quantitative estimate of drug-likeness (QED) is 0.718. The van der Waals surface area contributed by atoms with Gasteiger partial charge < -0.3 is 10.6 Å². The lowest BCUT2D eigenvalue weighted by atomic mass is 10.0. The van der Waals surface area contributed by atoms with E-state index in [2.05, 4.69) is 26.8 Å². The molecule has 1 amide bonds. The van der Waals surface area contributed by atoms with Crippen molar-refractivity contribution in [2.24, 2.45) is 11.7 Å². The minimum absolute atomic E-state index is 0.104. The summed E-state index contributed by atoms with van der Waals surface area (Å²) >= 11 is 0. The van der Waals surface area contributed by atoms with Crippen molar-refractivity contribution in [2.45, 2.75) is 39.7 Å². The summed E-state index contributed by atoms with van der Waals surface area (Å²) in [6, 6.07) is -0.322. The largest absolute Gasteiger partial charge is 0.337 e. The van der Waals surface area contributed by atoms with Crippen molar-refractivity contribution in [1.29, 1.82) is 0 Å². The molecule has 15 heavy (non-hydrogen) atoms. The fraction of sp³-hybridized carbons (Fsp3) is 0.750. The van der Waals surface area contributed by atoms with Gasteiger partial charge in [-0.05, 0) is 25.7 Å². The number of hydrogen-bond acceptors (Lipinski definition) is 2. The lowest BCUT2D eigenvalue weighted by molar-refractivity contribution is -0.132. The topological polar surface area (TPSA) is 46.3 Å². The van der Waals surface area contributed by atoms with Crippen LogP contribution >= 0.6 is 0 Å². The molecule has 0 aromatic carbocycles. The highest BCUT2D eigenvalue weighted by Gasteiger charge is 2.22. The average Bonchev–Trinajstić information content (AvgIpc) is 2.17.